The molecule has 0 spiro atoms. The molecule has 2 N–H and O–H groups in total. The van der Waals surface area contributed by atoms with Crippen molar-refractivity contribution < 1.29 is 4.74 Å². The summed E-state index contributed by atoms with van der Waals surface area (Å²) in [6.45, 7) is 15.9. The van der Waals surface area contributed by atoms with Crippen molar-refractivity contribution in [2.45, 2.75) is 39.7 Å². The summed E-state index contributed by atoms with van der Waals surface area (Å²) in [5.41, 5.74) is 10.3. The molecule has 3 aromatic rings. The van der Waals surface area contributed by atoms with Gasteiger partial charge in [0.2, 0.25) is 5.88 Å². The molecular formula is C23H26N4O. The van der Waals surface area contributed by atoms with Crippen LogP contribution in [0.15, 0.2) is 42.7 Å². The van der Waals surface area contributed by atoms with E-state index in [0.29, 0.717) is 24.1 Å². The first kappa shape index (κ1) is 19.8. The van der Waals surface area contributed by atoms with Gasteiger partial charge in [-0.1, -0.05) is 26.0 Å². The van der Waals surface area contributed by atoms with E-state index in [0.717, 1.165) is 34.0 Å². The number of aryl methyl sites for hydroxylation is 1. The smallest absolute Gasteiger partial charge is 0.216 e. The van der Waals surface area contributed by atoms with E-state index in [1.165, 1.54) is 0 Å². The zero-order valence-corrected chi connectivity index (χ0v) is 16.9. The fourth-order valence-electron chi connectivity index (χ4n) is 3.54. The molecule has 0 unspecified atom stereocenters. The Bertz CT molecular complexity index is 1030. The summed E-state index contributed by atoms with van der Waals surface area (Å²) in [5, 5.41) is 0.997. The van der Waals surface area contributed by atoms with Gasteiger partial charge in [0.1, 0.15) is 6.61 Å². The highest BCUT2D eigenvalue weighted by molar-refractivity contribution is 5.95. The number of hydrogen-bond donors (Lipinski definition) is 1. The number of aromatic nitrogens is 2. The molecule has 0 bridgehead atoms. The van der Waals surface area contributed by atoms with Crippen molar-refractivity contribution in [2.24, 2.45) is 11.7 Å². The SMILES string of the molecule is [C-]#[N+]c1ccc2c(-c3cnc(OC[C@@](C)(N)CC(C)C)c(C)c3)ccnc2c1. The summed E-state index contributed by atoms with van der Waals surface area (Å²) in [6.07, 6.45) is 4.47. The Morgan fingerprint density at radius 2 is 2.00 bits per heavy atom. The van der Waals surface area contributed by atoms with Gasteiger partial charge in [0.05, 0.1) is 12.1 Å². The Morgan fingerprint density at radius 3 is 2.68 bits per heavy atom. The van der Waals surface area contributed by atoms with E-state index in [1.807, 2.05) is 38.2 Å². The standard InChI is InChI=1S/C23H26N4O/c1-15(2)12-23(4,24)14-28-22-16(3)10-17(13-27-22)19-8-9-26-21-11-18(25-5)6-7-20(19)21/h6-11,13,15H,12,14,24H2,1-4H3/t23-/m0/s1. The Labute approximate surface area is 166 Å². The van der Waals surface area contributed by atoms with E-state index >= 15 is 0 Å². The largest absolute Gasteiger partial charge is 0.476 e. The molecule has 1 atom stereocenters. The lowest BCUT2D eigenvalue weighted by atomic mass is 9.93. The van der Waals surface area contributed by atoms with E-state index in [4.69, 9.17) is 17.0 Å². The van der Waals surface area contributed by atoms with Crippen LogP contribution in [0.4, 0.5) is 5.69 Å². The van der Waals surface area contributed by atoms with Crippen LogP contribution in [0, 0.1) is 19.4 Å². The molecule has 0 aliphatic carbocycles. The van der Waals surface area contributed by atoms with Crippen LogP contribution in [0.5, 0.6) is 5.88 Å². The molecule has 2 aromatic heterocycles. The molecule has 3 rings (SSSR count). The fourth-order valence-corrected chi connectivity index (χ4v) is 3.54. The van der Waals surface area contributed by atoms with Gasteiger partial charge in [-0.05, 0) is 49.9 Å². The summed E-state index contributed by atoms with van der Waals surface area (Å²) in [5.74, 6) is 1.12. The summed E-state index contributed by atoms with van der Waals surface area (Å²) in [4.78, 5) is 12.4. The number of fused-ring (bicyclic) bond motifs is 1. The Hall–Kier alpha value is -2.97. The van der Waals surface area contributed by atoms with Crippen LogP contribution >= 0.6 is 0 Å². The number of ether oxygens (including phenoxy) is 1. The summed E-state index contributed by atoms with van der Waals surface area (Å²) < 4.78 is 5.93. The maximum absolute atomic E-state index is 7.17. The Kier molecular flexibility index (Phi) is 5.62. The van der Waals surface area contributed by atoms with Crippen LogP contribution in [0.1, 0.15) is 32.8 Å². The van der Waals surface area contributed by atoms with Crippen molar-refractivity contribution >= 4 is 16.6 Å². The third-order valence-electron chi connectivity index (χ3n) is 4.61. The molecule has 28 heavy (non-hydrogen) atoms. The number of nitrogens with two attached hydrogens (primary N) is 1. The first-order valence-corrected chi connectivity index (χ1v) is 9.44. The summed E-state index contributed by atoms with van der Waals surface area (Å²) in [7, 11) is 0. The zero-order valence-electron chi connectivity index (χ0n) is 16.9. The van der Waals surface area contributed by atoms with Crippen LogP contribution in [0.25, 0.3) is 26.9 Å². The minimum absolute atomic E-state index is 0.386. The third kappa shape index (κ3) is 4.47. The van der Waals surface area contributed by atoms with Gasteiger partial charge in [-0.2, -0.15) is 0 Å². The van der Waals surface area contributed by atoms with Crippen molar-refractivity contribution in [3.8, 4) is 17.0 Å². The van der Waals surface area contributed by atoms with Crippen LogP contribution in [-0.2, 0) is 0 Å². The topological polar surface area (TPSA) is 65.4 Å². The van der Waals surface area contributed by atoms with Gasteiger partial charge in [0.15, 0.2) is 5.69 Å². The minimum atomic E-state index is -0.386. The molecule has 0 fully saturated rings. The lowest BCUT2D eigenvalue weighted by Gasteiger charge is -2.26. The molecule has 0 amide bonds. The van der Waals surface area contributed by atoms with E-state index < -0.39 is 0 Å². The lowest BCUT2D eigenvalue weighted by Crippen LogP contribution is -2.43. The first-order chi connectivity index (χ1) is 13.3. The van der Waals surface area contributed by atoms with Crippen molar-refractivity contribution in [2.75, 3.05) is 6.61 Å². The molecule has 0 saturated carbocycles. The van der Waals surface area contributed by atoms with Crippen LogP contribution in [-0.4, -0.2) is 22.1 Å². The van der Waals surface area contributed by atoms with E-state index in [2.05, 4.69) is 34.7 Å². The second kappa shape index (κ2) is 7.95. The number of nitrogens with zero attached hydrogens (tertiary/aromatic N) is 3. The zero-order chi connectivity index (χ0) is 20.3. The Morgan fingerprint density at radius 1 is 1.21 bits per heavy atom. The van der Waals surface area contributed by atoms with Crippen molar-refractivity contribution in [3.63, 3.8) is 0 Å². The highest BCUT2D eigenvalue weighted by Gasteiger charge is 2.21. The van der Waals surface area contributed by atoms with Gasteiger partial charge >= 0.3 is 0 Å². The van der Waals surface area contributed by atoms with Gasteiger partial charge in [0.25, 0.3) is 0 Å². The predicted molar refractivity (Wildman–Crippen MR) is 114 cm³/mol. The first-order valence-electron chi connectivity index (χ1n) is 9.44. The number of hydrogen-bond acceptors (Lipinski definition) is 4. The predicted octanol–water partition coefficient (Wildman–Crippen LogP) is 5.30. The molecule has 0 aliphatic heterocycles. The molecule has 2 heterocycles. The molecule has 0 saturated heterocycles. The van der Waals surface area contributed by atoms with Crippen LogP contribution in [0.3, 0.4) is 0 Å². The summed E-state index contributed by atoms with van der Waals surface area (Å²) >= 11 is 0. The maximum atomic E-state index is 7.17. The number of pyridine rings is 2. The van der Waals surface area contributed by atoms with Gasteiger partial charge in [-0.3, -0.25) is 4.98 Å². The second-order valence-corrected chi connectivity index (χ2v) is 8.06. The van der Waals surface area contributed by atoms with E-state index in [1.54, 1.807) is 12.3 Å². The normalized spacial score (nSPS) is 13.3. The molecule has 5 nitrogen and oxygen atoms in total. The third-order valence-corrected chi connectivity index (χ3v) is 4.61. The molecule has 0 aliphatic rings. The molecule has 0 radical (unpaired) electrons. The van der Waals surface area contributed by atoms with Crippen LogP contribution in [0.2, 0.25) is 0 Å². The molecular weight excluding hydrogens is 348 g/mol. The highest BCUT2D eigenvalue weighted by Crippen LogP contribution is 2.31. The lowest BCUT2D eigenvalue weighted by molar-refractivity contribution is 0.199. The monoisotopic (exact) mass is 374 g/mol. The van der Waals surface area contributed by atoms with E-state index in [-0.39, 0.29) is 5.54 Å². The average Bonchev–Trinajstić information content (AvgIpc) is 2.65. The molecule has 1 aromatic carbocycles. The quantitative estimate of drug-likeness (QED) is 0.595. The number of benzene rings is 1. The number of rotatable bonds is 6. The minimum Gasteiger partial charge on any atom is -0.476 e. The Balaban J connectivity index is 1.87. The van der Waals surface area contributed by atoms with Gasteiger partial charge < -0.3 is 10.5 Å². The van der Waals surface area contributed by atoms with Gasteiger partial charge in [-0.25, -0.2) is 9.83 Å². The van der Waals surface area contributed by atoms with Crippen molar-refractivity contribution in [1.29, 1.82) is 0 Å². The average molecular weight is 374 g/mol. The fraction of sp³-hybridized carbons (Fsp3) is 0.348. The summed E-state index contributed by atoms with van der Waals surface area (Å²) in [6, 6.07) is 9.60. The molecule has 5 heteroatoms. The van der Waals surface area contributed by atoms with Crippen molar-refractivity contribution in [1.82, 2.24) is 9.97 Å². The maximum Gasteiger partial charge on any atom is 0.216 e. The van der Waals surface area contributed by atoms with Gasteiger partial charge in [-0.15, -0.1) is 0 Å². The van der Waals surface area contributed by atoms with Crippen molar-refractivity contribution in [3.05, 3.63) is 59.7 Å². The van der Waals surface area contributed by atoms with Crippen LogP contribution < -0.4 is 10.5 Å². The van der Waals surface area contributed by atoms with E-state index in [9.17, 15) is 0 Å². The second-order valence-electron chi connectivity index (χ2n) is 8.06. The highest BCUT2D eigenvalue weighted by atomic mass is 16.5. The van der Waals surface area contributed by atoms with Gasteiger partial charge in [0, 0.05) is 34.4 Å². The molecule has 144 valence electrons.